The molecule has 1 N–H and O–H groups in total. The van der Waals surface area contributed by atoms with Crippen LogP contribution in [-0.4, -0.2) is 26.0 Å². The van der Waals surface area contributed by atoms with Crippen molar-refractivity contribution in [3.05, 3.63) is 29.8 Å². The zero-order valence-corrected chi connectivity index (χ0v) is 11.1. The molecule has 1 aromatic carbocycles. The van der Waals surface area contributed by atoms with Crippen LogP contribution in [0, 0.1) is 0 Å². The average Bonchev–Trinajstić information content (AvgIpc) is 2.30. The molecule has 3 heteroatoms. The van der Waals surface area contributed by atoms with Gasteiger partial charge in [0.15, 0.2) is 0 Å². The summed E-state index contributed by atoms with van der Waals surface area (Å²) in [4.78, 5) is 1.38. The Labute approximate surface area is 103 Å². The Balaban J connectivity index is 2.62. The predicted octanol–water partition coefficient (Wildman–Crippen LogP) is 3.10. The smallest absolute Gasteiger partial charge is 0.0587 e. The second kappa shape index (κ2) is 7.71. The van der Waals surface area contributed by atoms with Gasteiger partial charge in [-0.15, -0.1) is 11.8 Å². The van der Waals surface area contributed by atoms with E-state index in [0.717, 1.165) is 18.9 Å². The topological polar surface area (TPSA) is 21.3 Å². The lowest BCUT2D eigenvalue weighted by Gasteiger charge is -2.17. The third kappa shape index (κ3) is 4.16. The van der Waals surface area contributed by atoms with Crippen molar-refractivity contribution in [1.29, 1.82) is 0 Å². The van der Waals surface area contributed by atoms with Crippen molar-refractivity contribution in [3.8, 4) is 0 Å². The molecule has 2 nitrogen and oxygen atoms in total. The SMILES string of the molecule is CCSc1ccccc1C(C)NCCOC. The quantitative estimate of drug-likeness (QED) is 0.583. The van der Waals surface area contributed by atoms with Crippen molar-refractivity contribution >= 4 is 11.8 Å². The van der Waals surface area contributed by atoms with Crippen LogP contribution in [0.15, 0.2) is 29.2 Å². The molecule has 0 radical (unpaired) electrons. The van der Waals surface area contributed by atoms with Crippen LogP contribution in [0.1, 0.15) is 25.5 Å². The van der Waals surface area contributed by atoms with Crippen molar-refractivity contribution in [2.75, 3.05) is 26.0 Å². The molecule has 1 aromatic rings. The number of ether oxygens (including phenoxy) is 1. The molecule has 0 aromatic heterocycles. The number of nitrogens with one attached hydrogen (secondary N) is 1. The van der Waals surface area contributed by atoms with Gasteiger partial charge in [-0.05, 0) is 24.3 Å². The van der Waals surface area contributed by atoms with Gasteiger partial charge in [0.25, 0.3) is 0 Å². The second-order valence-electron chi connectivity index (χ2n) is 3.64. The van der Waals surface area contributed by atoms with Crippen LogP contribution in [0.25, 0.3) is 0 Å². The molecule has 1 atom stereocenters. The first kappa shape index (κ1) is 13.6. The van der Waals surface area contributed by atoms with E-state index < -0.39 is 0 Å². The van der Waals surface area contributed by atoms with E-state index in [-0.39, 0.29) is 0 Å². The van der Waals surface area contributed by atoms with Crippen molar-refractivity contribution in [2.24, 2.45) is 0 Å². The summed E-state index contributed by atoms with van der Waals surface area (Å²) in [5.74, 6) is 1.11. The summed E-state index contributed by atoms with van der Waals surface area (Å²) in [6.45, 7) is 6.03. The molecule has 1 rings (SSSR count). The molecule has 0 aliphatic rings. The number of benzene rings is 1. The Morgan fingerprint density at radius 3 is 2.81 bits per heavy atom. The van der Waals surface area contributed by atoms with E-state index in [1.807, 2.05) is 11.8 Å². The number of methoxy groups -OCH3 is 1. The first-order valence-electron chi connectivity index (χ1n) is 5.73. The van der Waals surface area contributed by atoms with Gasteiger partial charge in [0.05, 0.1) is 6.61 Å². The summed E-state index contributed by atoms with van der Waals surface area (Å²) in [5, 5.41) is 3.46. The van der Waals surface area contributed by atoms with E-state index in [2.05, 4.69) is 43.4 Å². The first-order chi connectivity index (χ1) is 7.79. The van der Waals surface area contributed by atoms with E-state index in [9.17, 15) is 0 Å². The van der Waals surface area contributed by atoms with Crippen LogP contribution in [0.2, 0.25) is 0 Å². The highest BCUT2D eigenvalue weighted by Crippen LogP contribution is 2.26. The molecule has 0 spiro atoms. The van der Waals surface area contributed by atoms with Gasteiger partial charge in [-0.1, -0.05) is 25.1 Å². The minimum Gasteiger partial charge on any atom is -0.383 e. The molecule has 1 unspecified atom stereocenters. The molecule has 0 fully saturated rings. The fraction of sp³-hybridized carbons (Fsp3) is 0.538. The summed E-state index contributed by atoms with van der Waals surface area (Å²) in [6.07, 6.45) is 0. The highest BCUT2D eigenvalue weighted by molar-refractivity contribution is 7.99. The first-order valence-corrected chi connectivity index (χ1v) is 6.72. The Bertz CT molecular complexity index is 304. The third-order valence-corrected chi connectivity index (χ3v) is 3.41. The Morgan fingerprint density at radius 2 is 2.12 bits per heavy atom. The lowest BCUT2D eigenvalue weighted by Crippen LogP contribution is -2.23. The molecule has 0 amide bonds. The maximum atomic E-state index is 5.04. The molecule has 0 bridgehead atoms. The zero-order valence-electron chi connectivity index (χ0n) is 10.3. The summed E-state index contributed by atoms with van der Waals surface area (Å²) < 4.78 is 5.04. The van der Waals surface area contributed by atoms with Gasteiger partial charge in [-0.3, -0.25) is 0 Å². The maximum Gasteiger partial charge on any atom is 0.0587 e. The van der Waals surface area contributed by atoms with E-state index >= 15 is 0 Å². The van der Waals surface area contributed by atoms with Crippen molar-refractivity contribution < 1.29 is 4.74 Å². The molecule has 90 valence electrons. The fourth-order valence-corrected chi connectivity index (χ4v) is 2.51. The maximum absolute atomic E-state index is 5.04. The summed E-state index contributed by atoms with van der Waals surface area (Å²) in [5.41, 5.74) is 1.38. The molecule has 0 heterocycles. The Morgan fingerprint density at radius 1 is 1.38 bits per heavy atom. The lowest BCUT2D eigenvalue weighted by atomic mass is 10.1. The van der Waals surface area contributed by atoms with Gasteiger partial charge in [-0.25, -0.2) is 0 Å². The highest BCUT2D eigenvalue weighted by Gasteiger charge is 2.08. The number of hydrogen-bond acceptors (Lipinski definition) is 3. The van der Waals surface area contributed by atoms with E-state index in [0.29, 0.717) is 6.04 Å². The van der Waals surface area contributed by atoms with Crippen LogP contribution < -0.4 is 5.32 Å². The monoisotopic (exact) mass is 239 g/mol. The van der Waals surface area contributed by atoms with Crippen molar-refractivity contribution in [1.82, 2.24) is 5.32 Å². The van der Waals surface area contributed by atoms with Crippen molar-refractivity contribution in [2.45, 2.75) is 24.8 Å². The third-order valence-electron chi connectivity index (χ3n) is 2.44. The summed E-state index contributed by atoms with van der Waals surface area (Å²) in [6, 6.07) is 8.97. The van der Waals surface area contributed by atoms with Gasteiger partial charge >= 0.3 is 0 Å². The van der Waals surface area contributed by atoms with E-state index in [1.165, 1.54) is 10.5 Å². The van der Waals surface area contributed by atoms with Crippen LogP contribution in [0.5, 0.6) is 0 Å². The molecule has 0 aliphatic carbocycles. The van der Waals surface area contributed by atoms with Crippen molar-refractivity contribution in [3.63, 3.8) is 0 Å². The largest absolute Gasteiger partial charge is 0.383 e. The molecule has 0 aliphatic heterocycles. The zero-order chi connectivity index (χ0) is 11.8. The van der Waals surface area contributed by atoms with Gasteiger partial charge in [0.1, 0.15) is 0 Å². The number of rotatable bonds is 7. The molecule has 16 heavy (non-hydrogen) atoms. The van der Waals surface area contributed by atoms with Gasteiger partial charge in [0.2, 0.25) is 0 Å². The molecular formula is C13H21NOS. The average molecular weight is 239 g/mol. The van der Waals surface area contributed by atoms with Gasteiger partial charge in [-0.2, -0.15) is 0 Å². The normalized spacial score (nSPS) is 12.7. The lowest BCUT2D eigenvalue weighted by molar-refractivity contribution is 0.196. The highest BCUT2D eigenvalue weighted by atomic mass is 32.2. The fourth-order valence-electron chi connectivity index (χ4n) is 1.61. The van der Waals surface area contributed by atoms with Gasteiger partial charge in [0, 0.05) is 24.6 Å². The number of thioether (sulfide) groups is 1. The number of hydrogen-bond donors (Lipinski definition) is 1. The summed E-state index contributed by atoms with van der Waals surface area (Å²) in [7, 11) is 1.73. The Hall–Kier alpha value is -0.510. The minimum absolute atomic E-state index is 0.380. The van der Waals surface area contributed by atoms with Crippen LogP contribution in [0.3, 0.4) is 0 Å². The van der Waals surface area contributed by atoms with Crippen LogP contribution in [0.4, 0.5) is 0 Å². The minimum atomic E-state index is 0.380. The molecule has 0 saturated carbocycles. The van der Waals surface area contributed by atoms with E-state index in [4.69, 9.17) is 4.74 Å². The molecular weight excluding hydrogens is 218 g/mol. The van der Waals surface area contributed by atoms with Crippen LogP contribution >= 0.6 is 11.8 Å². The predicted molar refractivity (Wildman–Crippen MR) is 71.1 cm³/mol. The second-order valence-corrected chi connectivity index (χ2v) is 4.95. The standard InChI is InChI=1S/C13H21NOS/c1-4-16-13-8-6-5-7-12(13)11(2)14-9-10-15-3/h5-8,11,14H,4,9-10H2,1-3H3. The summed E-state index contributed by atoms with van der Waals surface area (Å²) >= 11 is 1.90. The Kier molecular flexibility index (Phi) is 6.53. The van der Waals surface area contributed by atoms with Gasteiger partial charge < -0.3 is 10.1 Å². The molecule has 0 saturated heterocycles. The van der Waals surface area contributed by atoms with E-state index in [1.54, 1.807) is 7.11 Å². The van der Waals surface area contributed by atoms with Crippen LogP contribution in [-0.2, 0) is 4.74 Å².